The molecule has 0 aliphatic carbocycles. The molecule has 1 saturated heterocycles. The van der Waals surface area contributed by atoms with Crippen LogP contribution in [0.1, 0.15) is 31.7 Å². The molecule has 136 valence electrons. The molecule has 1 aliphatic heterocycles. The van der Waals surface area contributed by atoms with Crippen molar-refractivity contribution in [3.05, 3.63) is 28.2 Å². The van der Waals surface area contributed by atoms with Crippen molar-refractivity contribution in [3.63, 3.8) is 0 Å². The third kappa shape index (κ3) is 6.47. The fourth-order valence-electron chi connectivity index (χ4n) is 2.27. The zero-order valence-corrected chi connectivity index (χ0v) is 15.7. The number of hydrogen-bond donors (Lipinski definition) is 2. The summed E-state index contributed by atoms with van der Waals surface area (Å²) in [4.78, 5) is 23.5. The van der Waals surface area contributed by atoms with Crippen molar-refractivity contribution in [2.45, 2.75) is 32.3 Å². The average Bonchev–Trinajstić information content (AvgIpc) is 3.12. The van der Waals surface area contributed by atoms with Gasteiger partial charge >= 0.3 is 11.8 Å². The molecule has 1 aromatic rings. The number of amides is 2. The summed E-state index contributed by atoms with van der Waals surface area (Å²) in [5, 5.41) is 6.37. The zero-order chi connectivity index (χ0) is 18.1. The molecule has 0 radical (unpaired) electrons. The third-order valence-corrected chi connectivity index (χ3v) is 4.02. The van der Waals surface area contributed by atoms with Gasteiger partial charge in [-0.25, -0.2) is 5.43 Å². The molecule has 1 heterocycles. The first-order valence-corrected chi connectivity index (χ1v) is 9.04. The van der Waals surface area contributed by atoms with Gasteiger partial charge in [-0.1, -0.05) is 22.9 Å². The van der Waals surface area contributed by atoms with Crippen LogP contribution in [-0.2, 0) is 14.3 Å². The molecule has 7 nitrogen and oxygen atoms in total. The molecule has 1 atom stereocenters. The van der Waals surface area contributed by atoms with Crippen molar-refractivity contribution in [1.29, 1.82) is 0 Å². The number of nitrogens with one attached hydrogen (secondary N) is 2. The third-order valence-electron chi connectivity index (χ3n) is 3.52. The number of carbonyl (C=O) groups excluding carboxylic acids is 2. The summed E-state index contributed by atoms with van der Waals surface area (Å²) < 4.78 is 11.9. The summed E-state index contributed by atoms with van der Waals surface area (Å²) in [7, 11) is 0. The van der Waals surface area contributed by atoms with Crippen molar-refractivity contribution in [2.24, 2.45) is 5.10 Å². The van der Waals surface area contributed by atoms with Gasteiger partial charge in [0.15, 0.2) is 0 Å². The van der Waals surface area contributed by atoms with Gasteiger partial charge in [-0.3, -0.25) is 9.59 Å². The van der Waals surface area contributed by atoms with E-state index in [2.05, 4.69) is 31.8 Å². The van der Waals surface area contributed by atoms with E-state index < -0.39 is 11.8 Å². The quantitative estimate of drug-likeness (QED) is 0.407. The number of benzene rings is 1. The molecule has 0 unspecified atom stereocenters. The molecule has 1 fully saturated rings. The Hall–Kier alpha value is -1.93. The van der Waals surface area contributed by atoms with Crippen LogP contribution >= 0.6 is 15.9 Å². The molecule has 2 N–H and O–H groups in total. The maximum Gasteiger partial charge on any atom is 0.329 e. The van der Waals surface area contributed by atoms with Crippen LogP contribution in [0.4, 0.5) is 0 Å². The molecule has 1 aliphatic rings. The highest BCUT2D eigenvalue weighted by Crippen LogP contribution is 2.21. The minimum absolute atomic E-state index is 0.0137. The van der Waals surface area contributed by atoms with Crippen LogP contribution in [0, 0.1) is 0 Å². The topological polar surface area (TPSA) is 89.0 Å². The van der Waals surface area contributed by atoms with Crippen LogP contribution in [0.5, 0.6) is 5.75 Å². The second-order valence-corrected chi connectivity index (χ2v) is 6.49. The molecule has 0 aromatic heterocycles. The van der Waals surface area contributed by atoms with E-state index >= 15 is 0 Å². The van der Waals surface area contributed by atoms with Gasteiger partial charge in [-0.2, -0.15) is 5.10 Å². The predicted molar refractivity (Wildman–Crippen MR) is 97.6 cm³/mol. The van der Waals surface area contributed by atoms with Crippen LogP contribution < -0.4 is 15.5 Å². The standard InChI is InChI=1S/C17H22BrN3O4/c1-2-7-25-15-6-5-13(18)9-12(15)10-20-21-17(23)16(22)19-11-14-4-3-8-24-14/h5-6,9-10,14H,2-4,7-8,11H2,1H3,(H,19,22)(H,21,23)/b20-10-/t14-/m0/s1. The number of rotatable bonds is 7. The Morgan fingerprint density at radius 1 is 1.44 bits per heavy atom. The zero-order valence-electron chi connectivity index (χ0n) is 14.1. The van der Waals surface area contributed by atoms with Gasteiger partial charge in [0.2, 0.25) is 0 Å². The maximum atomic E-state index is 11.7. The Balaban J connectivity index is 1.85. The van der Waals surface area contributed by atoms with E-state index in [4.69, 9.17) is 9.47 Å². The first kappa shape index (κ1) is 19.4. The summed E-state index contributed by atoms with van der Waals surface area (Å²) in [6, 6.07) is 5.49. The summed E-state index contributed by atoms with van der Waals surface area (Å²) in [5.74, 6) is -0.893. The predicted octanol–water partition coefficient (Wildman–Crippen LogP) is 1.98. The molecule has 2 rings (SSSR count). The van der Waals surface area contributed by atoms with Gasteiger partial charge in [-0.05, 0) is 37.5 Å². The molecule has 0 bridgehead atoms. The van der Waals surface area contributed by atoms with E-state index in [0.29, 0.717) is 31.1 Å². The normalized spacial score (nSPS) is 16.8. The Morgan fingerprint density at radius 3 is 3.00 bits per heavy atom. The SMILES string of the molecule is CCCOc1ccc(Br)cc1/C=N\NC(=O)C(=O)NC[C@@H]1CCCO1. The molecule has 1 aromatic carbocycles. The number of halogens is 1. The fourth-order valence-corrected chi connectivity index (χ4v) is 2.65. The van der Waals surface area contributed by atoms with Crippen LogP contribution in [-0.4, -0.2) is 43.9 Å². The summed E-state index contributed by atoms with van der Waals surface area (Å²) >= 11 is 3.38. The lowest BCUT2D eigenvalue weighted by Crippen LogP contribution is -2.41. The fraction of sp³-hybridized carbons (Fsp3) is 0.471. The lowest BCUT2D eigenvalue weighted by atomic mass is 10.2. The second-order valence-electron chi connectivity index (χ2n) is 5.57. The summed E-state index contributed by atoms with van der Waals surface area (Å²) in [6.45, 7) is 3.63. The van der Waals surface area contributed by atoms with Gasteiger partial charge in [0.05, 0.1) is 18.9 Å². The Labute approximate surface area is 155 Å². The van der Waals surface area contributed by atoms with Gasteiger partial charge in [0, 0.05) is 23.2 Å². The highest BCUT2D eigenvalue weighted by molar-refractivity contribution is 9.10. The van der Waals surface area contributed by atoms with E-state index in [9.17, 15) is 9.59 Å². The number of carbonyl (C=O) groups is 2. The highest BCUT2D eigenvalue weighted by atomic mass is 79.9. The van der Waals surface area contributed by atoms with Gasteiger partial charge in [0.1, 0.15) is 5.75 Å². The van der Waals surface area contributed by atoms with E-state index in [1.165, 1.54) is 6.21 Å². The van der Waals surface area contributed by atoms with Gasteiger partial charge in [0.25, 0.3) is 0 Å². The van der Waals surface area contributed by atoms with Crippen molar-refractivity contribution < 1.29 is 19.1 Å². The maximum absolute atomic E-state index is 11.7. The van der Waals surface area contributed by atoms with Crippen molar-refractivity contribution >= 4 is 34.0 Å². The molecule has 0 saturated carbocycles. The molecule has 2 amide bonds. The monoisotopic (exact) mass is 411 g/mol. The first-order chi connectivity index (χ1) is 12.1. The smallest absolute Gasteiger partial charge is 0.329 e. The van der Waals surface area contributed by atoms with Crippen molar-refractivity contribution in [2.75, 3.05) is 19.8 Å². The lowest BCUT2D eigenvalue weighted by Gasteiger charge is -2.10. The van der Waals surface area contributed by atoms with Crippen LogP contribution in [0.3, 0.4) is 0 Å². The summed E-state index contributed by atoms with van der Waals surface area (Å²) in [5.41, 5.74) is 2.91. The summed E-state index contributed by atoms with van der Waals surface area (Å²) in [6.07, 6.45) is 4.19. The van der Waals surface area contributed by atoms with Crippen LogP contribution in [0.2, 0.25) is 0 Å². The average molecular weight is 412 g/mol. The van der Waals surface area contributed by atoms with Gasteiger partial charge in [-0.15, -0.1) is 0 Å². The first-order valence-electron chi connectivity index (χ1n) is 8.25. The number of hydrazone groups is 1. The van der Waals surface area contributed by atoms with Crippen LogP contribution in [0.25, 0.3) is 0 Å². The minimum Gasteiger partial charge on any atom is -0.493 e. The number of nitrogens with zero attached hydrogens (tertiary/aromatic N) is 1. The highest BCUT2D eigenvalue weighted by Gasteiger charge is 2.18. The minimum atomic E-state index is -0.819. The van der Waals surface area contributed by atoms with Crippen molar-refractivity contribution in [3.8, 4) is 5.75 Å². The Bertz CT molecular complexity index is 630. The largest absolute Gasteiger partial charge is 0.493 e. The van der Waals surface area contributed by atoms with Crippen molar-refractivity contribution in [1.82, 2.24) is 10.7 Å². The molecular weight excluding hydrogens is 390 g/mol. The lowest BCUT2D eigenvalue weighted by molar-refractivity contribution is -0.139. The second kappa shape index (κ2) is 10.1. The Kier molecular flexibility index (Phi) is 7.87. The van der Waals surface area contributed by atoms with Crippen LogP contribution in [0.15, 0.2) is 27.8 Å². The van der Waals surface area contributed by atoms with E-state index in [1.54, 1.807) is 0 Å². The van der Waals surface area contributed by atoms with Gasteiger partial charge < -0.3 is 14.8 Å². The van der Waals surface area contributed by atoms with E-state index in [1.807, 2.05) is 25.1 Å². The van der Waals surface area contributed by atoms with E-state index in [-0.39, 0.29) is 6.10 Å². The molecule has 8 heteroatoms. The molecule has 0 spiro atoms. The van der Waals surface area contributed by atoms with E-state index in [0.717, 1.165) is 23.7 Å². The molecule has 25 heavy (non-hydrogen) atoms. The Morgan fingerprint density at radius 2 is 2.28 bits per heavy atom. The number of ether oxygens (including phenoxy) is 2. The molecular formula is C17H22BrN3O4. The number of hydrogen-bond acceptors (Lipinski definition) is 5.